The maximum atomic E-state index is 12.2. The van der Waals surface area contributed by atoms with Crippen molar-refractivity contribution in [1.82, 2.24) is 0 Å². The summed E-state index contributed by atoms with van der Waals surface area (Å²) < 4.78 is 28.6. The average Bonchev–Trinajstić information content (AvgIpc) is 2.55. The van der Waals surface area contributed by atoms with Crippen LogP contribution in [-0.2, 0) is 14.6 Å². The number of hydrogen-bond acceptors (Lipinski definition) is 5. The van der Waals surface area contributed by atoms with Crippen molar-refractivity contribution in [2.75, 3.05) is 11.6 Å². The van der Waals surface area contributed by atoms with Gasteiger partial charge in [0.15, 0.2) is 15.9 Å². The van der Waals surface area contributed by atoms with E-state index in [2.05, 4.69) is 5.32 Å². The van der Waals surface area contributed by atoms with Crippen LogP contribution in [0.2, 0.25) is 0 Å². The number of anilines is 1. The fourth-order valence-corrected chi connectivity index (χ4v) is 2.58. The molecule has 7 heteroatoms. The van der Waals surface area contributed by atoms with E-state index in [1.54, 1.807) is 43.3 Å². The Morgan fingerprint density at radius 2 is 1.88 bits per heavy atom. The topological polar surface area (TPSA) is 96.3 Å². The summed E-state index contributed by atoms with van der Waals surface area (Å²) in [7, 11) is -3.35. The summed E-state index contributed by atoms with van der Waals surface area (Å²) in [4.78, 5) is 12.3. The number of ether oxygens (including phenoxy) is 1. The third kappa shape index (κ3) is 4.57. The van der Waals surface area contributed by atoms with Gasteiger partial charge in [-0.2, -0.15) is 5.26 Å². The monoisotopic (exact) mass is 344 g/mol. The van der Waals surface area contributed by atoms with Gasteiger partial charge in [0.25, 0.3) is 5.91 Å². The molecule has 1 amide bonds. The summed E-state index contributed by atoms with van der Waals surface area (Å²) in [6, 6.07) is 14.4. The Morgan fingerprint density at radius 3 is 2.46 bits per heavy atom. The molecule has 24 heavy (non-hydrogen) atoms. The number of rotatable bonds is 5. The first-order valence-corrected chi connectivity index (χ1v) is 8.96. The number of amides is 1. The Bertz CT molecular complexity index is 884. The minimum atomic E-state index is -3.35. The Labute approximate surface area is 140 Å². The highest BCUT2D eigenvalue weighted by Crippen LogP contribution is 2.17. The largest absolute Gasteiger partial charge is 0.481 e. The van der Waals surface area contributed by atoms with Gasteiger partial charge in [0.05, 0.1) is 16.5 Å². The molecule has 1 unspecified atom stereocenters. The van der Waals surface area contributed by atoms with Gasteiger partial charge in [-0.05, 0) is 49.4 Å². The van der Waals surface area contributed by atoms with E-state index in [1.165, 1.54) is 12.1 Å². The molecule has 0 radical (unpaired) electrons. The van der Waals surface area contributed by atoms with Gasteiger partial charge < -0.3 is 10.1 Å². The quantitative estimate of drug-likeness (QED) is 0.898. The summed E-state index contributed by atoms with van der Waals surface area (Å²) in [6.07, 6.45) is 0.310. The van der Waals surface area contributed by atoms with Crippen LogP contribution >= 0.6 is 0 Å². The van der Waals surface area contributed by atoms with Crippen LogP contribution in [0, 0.1) is 11.3 Å². The molecular weight excluding hydrogens is 328 g/mol. The van der Waals surface area contributed by atoms with Crippen molar-refractivity contribution in [3.8, 4) is 11.8 Å². The highest BCUT2D eigenvalue weighted by Gasteiger charge is 2.16. The van der Waals surface area contributed by atoms with Gasteiger partial charge in [0, 0.05) is 11.9 Å². The maximum Gasteiger partial charge on any atom is 0.265 e. The molecular formula is C17H16N2O4S. The van der Waals surface area contributed by atoms with Crippen LogP contribution in [0.15, 0.2) is 53.4 Å². The molecule has 2 aromatic rings. The molecule has 2 aromatic carbocycles. The van der Waals surface area contributed by atoms with Crippen LogP contribution in [-0.4, -0.2) is 26.7 Å². The van der Waals surface area contributed by atoms with Crippen molar-refractivity contribution in [3.63, 3.8) is 0 Å². The lowest BCUT2D eigenvalue weighted by molar-refractivity contribution is -0.122. The maximum absolute atomic E-state index is 12.2. The van der Waals surface area contributed by atoms with Crippen LogP contribution in [0.25, 0.3) is 0 Å². The second-order valence-corrected chi connectivity index (χ2v) is 7.20. The lowest BCUT2D eigenvalue weighted by atomic mass is 10.2. The standard InChI is InChI=1S/C17H16N2O4S/c1-12(23-15-8-6-13(11-18)7-9-15)17(20)19-14-4-3-5-16(10-14)24(2,21)22/h3-10,12H,1-2H3,(H,19,20). The summed E-state index contributed by atoms with van der Waals surface area (Å²) in [6.45, 7) is 1.58. The van der Waals surface area contributed by atoms with E-state index in [-0.39, 0.29) is 4.90 Å². The van der Waals surface area contributed by atoms with E-state index in [4.69, 9.17) is 10.00 Å². The number of nitrogens with zero attached hydrogens (tertiary/aromatic N) is 1. The third-order valence-corrected chi connectivity index (χ3v) is 4.31. The molecule has 2 rings (SSSR count). The predicted molar refractivity (Wildman–Crippen MR) is 89.4 cm³/mol. The highest BCUT2D eigenvalue weighted by atomic mass is 32.2. The summed E-state index contributed by atoms with van der Waals surface area (Å²) in [5, 5.41) is 11.4. The first kappa shape index (κ1) is 17.5. The molecule has 0 aliphatic rings. The number of hydrogen-bond donors (Lipinski definition) is 1. The van der Waals surface area contributed by atoms with E-state index in [9.17, 15) is 13.2 Å². The van der Waals surface area contributed by atoms with Crippen LogP contribution in [0.5, 0.6) is 5.75 Å². The van der Waals surface area contributed by atoms with Crippen molar-refractivity contribution in [2.45, 2.75) is 17.9 Å². The van der Waals surface area contributed by atoms with Gasteiger partial charge in [-0.3, -0.25) is 4.79 Å². The molecule has 6 nitrogen and oxygen atoms in total. The Kier molecular flexibility index (Phi) is 5.21. The van der Waals surface area contributed by atoms with Gasteiger partial charge in [-0.25, -0.2) is 8.42 Å². The molecule has 1 N–H and O–H groups in total. The van der Waals surface area contributed by atoms with Gasteiger partial charge in [-0.15, -0.1) is 0 Å². The lowest BCUT2D eigenvalue weighted by Crippen LogP contribution is -2.30. The van der Waals surface area contributed by atoms with E-state index in [1.807, 2.05) is 6.07 Å². The summed E-state index contributed by atoms with van der Waals surface area (Å²) in [5.74, 6) is 0.0477. The molecule has 0 aromatic heterocycles. The molecule has 0 heterocycles. The fourth-order valence-electron chi connectivity index (χ4n) is 1.91. The van der Waals surface area contributed by atoms with Crippen molar-refractivity contribution in [2.24, 2.45) is 0 Å². The smallest absolute Gasteiger partial charge is 0.265 e. The molecule has 0 fully saturated rings. The fraction of sp³-hybridized carbons (Fsp3) is 0.176. The Morgan fingerprint density at radius 1 is 1.21 bits per heavy atom. The molecule has 0 saturated heterocycles. The second-order valence-electron chi connectivity index (χ2n) is 5.19. The van der Waals surface area contributed by atoms with Crippen molar-refractivity contribution < 1.29 is 17.9 Å². The number of carbonyl (C=O) groups is 1. The van der Waals surface area contributed by atoms with Crippen molar-refractivity contribution in [1.29, 1.82) is 5.26 Å². The van der Waals surface area contributed by atoms with Gasteiger partial charge >= 0.3 is 0 Å². The minimum Gasteiger partial charge on any atom is -0.481 e. The SMILES string of the molecule is CC(Oc1ccc(C#N)cc1)C(=O)Nc1cccc(S(C)(=O)=O)c1. The minimum absolute atomic E-state index is 0.126. The van der Waals surface area contributed by atoms with Crippen molar-refractivity contribution in [3.05, 3.63) is 54.1 Å². The number of nitrogens with one attached hydrogen (secondary N) is 1. The third-order valence-electron chi connectivity index (χ3n) is 3.20. The summed E-state index contributed by atoms with van der Waals surface area (Å²) >= 11 is 0. The Hall–Kier alpha value is -2.85. The van der Waals surface area contributed by atoms with E-state index in [0.29, 0.717) is 17.0 Å². The van der Waals surface area contributed by atoms with Crippen LogP contribution in [0.4, 0.5) is 5.69 Å². The van der Waals surface area contributed by atoms with Gasteiger partial charge in [-0.1, -0.05) is 6.07 Å². The second kappa shape index (κ2) is 7.15. The predicted octanol–water partition coefficient (Wildman–Crippen LogP) is 2.37. The number of carbonyl (C=O) groups excluding carboxylic acids is 1. The van der Waals surface area contributed by atoms with Gasteiger partial charge in [0.1, 0.15) is 5.75 Å². The molecule has 0 spiro atoms. The van der Waals surface area contributed by atoms with E-state index in [0.717, 1.165) is 6.26 Å². The van der Waals surface area contributed by atoms with E-state index < -0.39 is 21.8 Å². The summed E-state index contributed by atoms with van der Waals surface area (Å²) in [5.41, 5.74) is 0.871. The first-order chi connectivity index (χ1) is 11.3. The average molecular weight is 344 g/mol. The molecule has 124 valence electrons. The van der Waals surface area contributed by atoms with Crippen LogP contribution in [0.3, 0.4) is 0 Å². The van der Waals surface area contributed by atoms with Gasteiger partial charge in [0.2, 0.25) is 0 Å². The molecule has 0 aliphatic heterocycles. The van der Waals surface area contributed by atoms with Crippen LogP contribution in [0.1, 0.15) is 12.5 Å². The zero-order chi connectivity index (χ0) is 17.7. The molecule has 0 aliphatic carbocycles. The number of nitriles is 1. The normalized spacial score (nSPS) is 12.0. The number of sulfone groups is 1. The highest BCUT2D eigenvalue weighted by molar-refractivity contribution is 7.90. The molecule has 1 atom stereocenters. The molecule has 0 bridgehead atoms. The zero-order valence-electron chi connectivity index (χ0n) is 13.2. The zero-order valence-corrected chi connectivity index (χ0v) is 14.0. The van der Waals surface area contributed by atoms with E-state index >= 15 is 0 Å². The molecule has 0 saturated carbocycles. The number of benzene rings is 2. The first-order valence-electron chi connectivity index (χ1n) is 7.07. The van der Waals surface area contributed by atoms with Crippen LogP contribution < -0.4 is 10.1 Å². The lowest BCUT2D eigenvalue weighted by Gasteiger charge is -2.15. The Balaban J connectivity index is 2.05. The van der Waals surface area contributed by atoms with Crippen molar-refractivity contribution >= 4 is 21.4 Å².